The summed E-state index contributed by atoms with van der Waals surface area (Å²) in [6, 6.07) is 12.3. The third-order valence-electron chi connectivity index (χ3n) is 5.26. The smallest absolute Gasteiger partial charge is 0.243 e. The molecular formula is C22H22ClFN4O3S. The van der Waals surface area contributed by atoms with Gasteiger partial charge in [-0.15, -0.1) is 0 Å². The van der Waals surface area contributed by atoms with Crippen molar-refractivity contribution in [2.45, 2.75) is 24.8 Å². The number of hydrogen-bond acceptors (Lipinski definition) is 6. The number of piperazine rings is 1. The average Bonchev–Trinajstić information content (AvgIpc) is 2.76. The van der Waals surface area contributed by atoms with Crippen molar-refractivity contribution in [2.24, 2.45) is 0 Å². The number of anilines is 1. The van der Waals surface area contributed by atoms with Gasteiger partial charge in [0.05, 0.1) is 9.92 Å². The van der Waals surface area contributed by atoms with E-state index in [0.717, 1.165) is 5.56 Å². The molecule has 0 bridgehead atoms. The van der Waals surface area contributed by atoms with Crippen LogP contribution in [0, 0.1) is 12.7 Å². The molecule has 0 saturated carbocycles. The zero-order chi connectivity index (χ0) is 22.9. The monoisotopic (exact) mass is 476 g/mol. The van der Waals surface area contributed by atoms with Crippen LogP contribution in [0.2, 0.25) is 5.02 Å². The minimum Gasteiger partial charge on any atom is -0.439 e. The van der Waals surface area contributed by atoms with Crippen LogP contribution in [0.4, 0.5) is 10.2 Å². The Bertz CT molecular complexity index is 1220. The lowest BCUT2D eigenvalue weighted by molar-refractivity contribution is 0.305. The van der Waals surface area contributed by atoms with Crippen molar-refractivity contribution in [1.29, 1.82) is 0 Å². The molecule has 0 spiro atoms. The normalized spacial score (nSPS) is 17.4. The fourth-order valence-corrected chi connectivity index (χ4v) is 5.36. The van der Waals surface area contributed by atoms with Crippen LogP contribution >= 0.6 is 11.6 Å². The molecule has 3 aromatic rings. The van der Waals surface area contributed by atoms with E-state index in [1.807, 2.05) is 18.7 Å². The number of aromatic nitrogens is 2. The zero-order valence-electron chi connectivity index (χ0n) is 17.6. The van der Waals surface area contributed by atoms with Gasteiger partial charge in [0, 0.05) is 37.8 Å². The molecule has 32 heavy (non-hydrogen) atoms. The molecule has 1 atom stereocenters. The molecule has 2 heterocycles. The van der Waals surface area contributed by atoms with E-state index in [2.05, 4.69) is 9.97 Å². The van der Waals surface area contributed by atoms with E-state index >= 15 is 0 Å². The fourth-order valence-electron chi connectivity index (χ4n) is 3.57. The summed E-state index contributed by atoms with van der Waals surface area (Å²) in [5.74, 6) is 0.709. The van der Waals surface area contributed by atoms with Gasteiger partial charge in [-0.1, -0.05) is 29.3 Å². The molecule has 1 aromatic heterocycles. The van der Waals surface area contributed by atoms with Gasteiger partial charge in [-0.05, 0) is 38.1 Å². The van der Waals surface area contributed by atoms with Gasteiger partial charge in [0.1, 0.15) is 23.7 Å². The van der Waals surface area contributed by atoms with E-state index in [9.17, 15) is 12.8 Å². The first-order valence-corrected chi connectivity index (χ1v) is 11.8. The summed E-state index contributed by atoms with van der Waals surface area (Å²) < 4.78 is 46.7. The minimum absolute atomic E-state index is 0.0449. The number of sulfonamides is 1. The number of benzene rings is 2. The van der Waals surface area contributed by atoms with Crippen molar-refractivity contribution in [3.8, 4) is 11.6 Å². The predicted octanol–water partition coefficient (Wildman–Crippen LogP) is 4.27. The summed E-state index contributed by atoms with van der Waals surface area (Å²) in [4.78, 5) is 10.7. The van der Waals surface area contributed by atoms with Crippen molar-refractivity contribution in [3.05, 3.63) is 71.3 Å². The van der Waals surface area contributed by atoms with Gasteiger partial charge in [0.2, 0.25) is 15.9 Å². The molecule has 1 saturated heterocycles. The Labute approximate surface area is 191 Å². The number of aryl methyl sites for hydroxylation is 1. The van der Waals surface area contributed by atoms with E-state index in [1.54, 1.807) is 30.3 Å². The van der Waals surface area contributed by atoms with Crippen molar-refractivity contribution in [1.82, 2.24) is 14.3 Å². The zero-order valence-corrected chi connectivity index (χ0v) is 19.1. The summed E-state index contributed by atoms with van der Waals surface area (Å²) in [7, 11) is -3.58. The summed E-state index contributed by atoms with van der Waals surface area (Å²) in [5, 5.41) is -0.0449. The van der Waals surface area contributed by atoms with Gasteiger partial charge in [-0.25, -0.2) is 22.8 Å². The van der Waals surface area contributed by atoms with Gasteiger partial charge in [0.15, 0.2) is 0 Å². The molecule has 0 unspecified atom stereocenters. The first-order valence-electron chi connectivity index (χ1n) is 10.0. The molecule has 7 nitrogen and oxygen atoms in total. The Kier molecular flexibility index (Phi) is 6.32. The number of hydrogen-bond donors (Lipinski definition) is 0. The molecule has 1 aliphatic rings. The first kappa shape index (κ1) is 22.4. The standard InChI is InChI=1S/C22H22ClFN4O3S/c1-15-3-6-18(7-4-15)32(29,30)28-10-9-27(13-16(28)2)21-12-22(26-14-25-21)31-17-5-8-20(24)19(23)11-17/h3-8,11-12,14,16H,9-10,13H2,1-2H3/t16-/m1/s1. The highest BCUT2D eigenvalue weighted by atomic mass is 35.5. The van der Waals surface area contributed by atoms with Crippen molar-refractivity contribution < 1.29 is 17.5 Å². The first-order chi connectivity index (χ1) is 15.2. The predicted molar refractivity (Wildman–Crippen MR) is 120 cm³/mol. The summed E-state index contributed by atoms with van der Waals surface area (Å²) in [5.41, 5.74) is 1.01. The van der Waals surface area contributed by atoms with Gasteiger partial charge >= 0.3 is 0 Å². The molecule has 0 amide bonds. The van der Waals surface area contributed by atoms with E-state index in [0.29, 0.717) is 36.1 Å². The SMILES string of the molecule is Cc1ccc(S(=O)(=O)N2CCN(c3cc(Oc4ccc(F)c(Cl)c4)ncn3)C[C@H]2C)cc1. The van der Waals surface area contributed by atoms with Crippen LogP contribution in [0.25, 0.3) is 0 Å². The fraction of sp³-hybridized carbons (Fsp3) is 0.273. The molecule has 0 radical (unpaired) electrons. The maximum atomic E-state index is 13.4. The van der Waals surface area contributed by atoms with Crippen molar-refractivity contribution >= 4 is 27.4 Å². The molecule has 10 heteroatoms. The molecule has 4 rings (SSSR count). The van der Waals surface area contributed by atoms with Crippen LogP contribution in [0.5, 0.6) is 11.6 Å². The Balaban J connectivity index is 1.48. The molecular weight excluding hydrogens is 455 g/mol. The van der Waals surface area contributed by atoms with Crippen molar-refractivity contribution in [3.63, 3.8) is 0 Å². The van der Waals surface area contributed by atoms with Crippen LogP contribution in [0.3, 0.4) is 0 Å². The second kappa shape index (κ2) is 9.01. The Morgan fingerprint density at radius 2 is 1.84 bits per heavy atom. The Hall–Kier alpha value is -2.75. The maximum Gasteiger partial charge on any atom is 0.243 e. The van der Waals surface area contributed by atoms with Crippen LogP contribution in [-0.2, 0) is 10.0 Å². The Morgan fingerprint density at radius 1 is 1.09 bits per heavy atom. The highest BCUT2D eigenvalue weighted by molar-refractivity contribution is 7.89. The van der Waals surface area contributed by atoms with Gasteiger partial charge < -0.3 is 9.64 Å². The van der Waals surface area contributed by atoms with E-state index in [4.69, 9.17) is 16.3 Å². The molecule has 1 aliphatic heterocycles. The van der Waals surface area contributed by atoms with E-state index in [1.165, 1.54) is 28.8 Å². The largest absolute Gasteiger partial charge is 0.439 e. The molecule has 2 aromatic carbocycles. The third-order valence-corrected chi connectivity index (χ3v) is 7.58. The lowest BCUT2D eigenvalue weighted by Gasteiger charge is -2.39. The van der Waals surface area contributed by atoms with E-state index in [-0.39, 0.29) is 16.9 Å². The number of halogens is 2. The minimum atomic E-state index is -3.58. The van der Waals surface area contributed by atoms with Crippen LogP contribution < -0.4 is 9.64 Å². The maximum absolute atomic E-state index is 13.4. The van der Waals surface area contributed by atoms with Gasteiger partial charge in [-0.2, -0.15) is 4.31 Å². The van der Waals surface area contributed by atoms with Crippen LogP contribution in [0.1, 0.15) is 12.5 Å². The quantitative estimate of drug-likeness (QED) is 0.547. The molecule has 0 N–H and O–H groups in total. The Morgan fingerprint density at radius 3 is 2.53 bits per heavy atom. The third kappa shape index (κ3) is 4.69. The lowest BCUT2D eigenvalue weighted by Crippen LogP contribution is -2.54. The summed E-state index contributed by atoms with van der Waals surface area (Å²) in [6.45, 7) is 5.04. The lowest BCUT2D eigenvalue weighted by atomic mass is 10.2. The van der Waals surface area contributed by atoms with E-state index < -0.39 is 15.8 Å². The average molecular weight is 477 g/mol. The second-order valence-electron chi connectivity index (χ2n) is 7.62. The van der Waals surface area contributed by atoms with Crippen molar-refractivity contribution in [2.75, 3.05) is 24.5 Å². The highest BCUT2D eigenvalue weighted by Gasteiger charge is 2.34. The van der Waals surface area contributed by atoms with Gasteiger partial charge in [-0.3, -0.25) is 0 Å². The number of rotatable bonds is 5. The number of ether oxygens (including phenoxy) is 1. The second-order valence-corrected chi connectivity index (χ2v) is 9.91. The van der Waals surface area contributed by atoms with Crippen LogP contribution in [-0.4, -0.2) is 48.4 Å². The highest BCUT2D eigenvalue weighted by Crippen LogP contribution is 2.28. The summed E-state index contributed by atoms with van der Waals surface area (Å²) >= 11 is 5.80. The van der Waals surface area contributed by atoms with Gasteiger partial charge in [0.25, 0.3) is 0 Å². The summed E-state index contributed by atoms with van der Waals surface area (Å²) in [6.07, 6.45) is 1.37. The topological polar surface area (TPSA) is 75.6 Å². The molecule has 168 valence electrons. The number of nitrogens with zero attached hydrogens (tertiary/aromatic N) is 4. The molecule has 1 fully saturated rings. The molecule has 0 aliphatic carbocycles. The van der Waals surface area contributed by atoms with Crippen LogP contribution in [0.15, 0.2) is 59.8 Å².